The number of phenols is 3. The zero-order valence-corrected chi connectivity index (χ0v) is 21.7. The third kappa shape index (κ3) is 6.24. The Kier molecular flexibility index (Phi) is 8.96. The van der Waals surface area contributed by atoms with Crippen LogP contribution in [0.1, 0.15) is 100 Å². The van der Waals surface area contributed by atoms with Crippen LogP contribution < -0.4 is 0 Å². The van der Waals surface area contributed by atoms with Gasteiger partial charge in [-0.25, -0.2) is 0 Å². The molecular weight excluding hydrogens is 444 g/mol. The molecule has 3 aromatic rings. The smallest absolute Gasteiger partial charge is 0.115 e. The van der Waals surface area contributed by atoms with Crippen molar-refractivity contribution in [3.05, 3.63) is 89.5 Å². The molecule has 1 unspecified atom stereocenters. The fraction of sp³-hybridized carbons (Fsp3) is 0.455. The fourth-order valence-electron chi connectivity index (χ4n) is 6.38. The van der Waals surface area contributed by atoms with Crippen molar-refractivity contribution in [2.75, 3.05) is 0 Å². The van der Waals surface area contributed by atoms with Gasteiger partial charge >= 0.3 is 0 Å². The molecule has 3 aromatic carbocycles. The number of rotatable bonds is 11. The molecule has 0 bridgehead atoms. The van der Waals surface area contributed by atoms with Gasteiger partial charge in [0.2, 0.25) is 0 Å². The van der Waals surface area contributed by atoms with Crippen LogP contribution in [-0.2, 0) is 5.41 Å². The Bertz CT molecular complexity index is 998. The molecule has 0 amide bonds. The molecule has 1 saturated carbocycles. The van der Waals surface area contributed by atoms with Crippen molar-refractivity contribution in [1.82, 2.24) is 0 Å². The maximum Gasteiger partial charge on any atom is 0.115 e. The summed E-state index contributed by atoms with van der Waals surface area (Å²) in [4.78, 5) is 0. The molecule has 0 aliphatic heterocycles. The minimum Gasteiger partial charge on any atom is -0.508 e. The topological polar surface area (TPSA) is 60.7 Å². The van der Waals surface area contributed by atoms with Crippen molar-refractivity contribution in [2.24, 2.45) is 5.92 Å². The van der Waals surface area contributed by atoms with Crippen LogP contribution in [0, 0.1) is 5.92 Å². The molecule has 1 aliphatic rings. The van der Waals surface area contributed by atoms with Gasteiger partial charge in [-0.15, -0.1) is 0 Å². The molecule has 1 aliphatic carbocycles. The molecule has 0 spiro atoms. The average molecular weight is 487 g/mol. The summed E-state index contributed by atoms with van der Waals surface area (Å²) in [5, 5.41) is 29.7. The lowest BCUT2D eigenvalue weighted by molar-refractivity contribution is 0.226. The van der Waals surface area contributed by atoms with Gasteiger partial charge in [-0.2, -0.15) is 0 Å². The Morgan fingerprint density at radius 2 is 1.08 bits per heavy atom. The Hall–Kier alpha value is -2.94. The molecule has 3 heteroatoms. The van der Waals surface area contributed by atoms with Crippen molar-refractivity contribution >= 4 is 0 Å². The minimum atomic E-state index is -0.114. The van der Waals surface area contributed by atoms with Gasteiger partial charge in [-0.05, 0) is 97.0 Å². The van der Waals surface area contributed by atoms with Gasteiger partial charge in [0.05, 0.1) is 0 Å². The minimum absolute atomic E-state index is 0.114. The van der Waals surface area contributed by atoms with E-state index in [-0.39, 0.29) is 5.41 Å². The summed E-state index contributed by atoms with van der Waals surface area (Å²) in [5.74, 6) is 2.03. The third-order valence-electron chi connectivity index (χ3n) is 8.48. The summed E-state index contributed by atoms with van der Waals surface area (Å²) in [6.45, 7) is 2.26. The monoisotopic (exact) mass is 486 g/mol. The first-order valence-electron chi connectivity index (χ1n) is 13.9. The van der Waals surface area contributed by atoms with Gasteiger partial charge < -0.3 is 15.3 Å². The molecule has 0 radical (unpaired) electrons. The third-order valence-corrected chi connectivity index (χ3v) is 8.48. The van der Waals surface area contributed by atoms with Gasteiger partial charge in [-0.1, -0.05) is 81.8 Å². The molecule has 1 atom stereocenters. The van der Waals surface area contributed by atoms with Crippen molar-refractivity contribution in [2.45, 2.75) is 88.9 Å². The summed E-state index contributed by atoms with van der Waals surface area (Å²) < 4.78 is 0. The number of benzene rings is 3. The normalized spacial score (nSPS) is 16.6. The Labute approximate surface area is 216 Å². The summed E-state index contributed by atoms with van der Waals surface area (Å²) in [5.41, 5.74) is 3.72. The lowest BCUT2D eigenvalue weighted by Gasteiger charge is -2.43. The number of phenolic OH excluding ortho intramolecular Hbond substituents is 3. The standard InChI is InChI=1S/C33H42O3/c1-2-3-4-5-6-7-8-32(25-9-15-29(34)16-10-25)26-21-23-33(24-22-26,27-11-17-30(35)18-12-27)28-13-19-31(36)20-14-28/h9-20,26,32,34-36H,2-8,21-24H2,1H3. The highest BCUT2D eigenvalue weighted by molar-refractivity contribution is 5.43. The zero-order valence-electron chi connectivity index (χ0n) is 21.7. The number of unbranched alkanes of at least 4 members (excludes halogenated alkanes) is 5. The molecular formula is C33H42O3. The highest BCUT2D eigenvalue weighted by Crippen LogP contribution is 2.50. The quantitative estimate of drug-likeness (QED) is 0.237. The fourth-order valence-corrected chi connectivity index (χ4v) is 6.38. The lowest BCUT2D eigenvalue weighted by atomic mass is 9.60. The van der Waals surface area contributed by atoms with Crippen LogP contribution in [0.4, 0.5) is 0 Å². The van der Waals surface area contributed by atoms with Crippen LogP contribution in [0.2, 0.25) is 0 Å². The van der Waals surface area contributed by atoms with Gasteiger partial charge in [0.15, 0.2) is 0 Å². The molecule has 3 nitrogen and oxygen atoms in total. The highest BCUT2D eigenvalue weighted by Gasteiger charge is 2.40. The van der Waals surface area contributed by atoms with E-state index in [1.165, 1.54) is 61.6 Å². The van der Waals surface area contributed by atoms with E-state index in [1.54, 1.807) is 24.3 Å². The molecule has 192 valence electrons. The Morgan fingerprint density at radius 1 is 0.639 bits per heavy atom. The number of hydrogen-bond acceptors (Lipinski definition) is 3. The van der Waals surface area contributed by atoms with Gasteiger partial charge in [-0.3, -0.25) is 0 Å². The largest absolute Gasteiger partial charge is 0.508 e. The predicted molar refractivity (Wildman–Crippen MR) is 148 cm³/mol. The highest BCUT2D eigenvalue weighted by atomic mass is 16.3. The van der Waals surface area contributed by atoms with E-state index < -0.39 is 0 Å². The van der Waals surface area contributed by atoms with E-state index in [0.29, 0.717) is 29.1 Å². The number of aromatic hydroxyl groups is 3. The van der Waals surface area contributed by atoms with Crippen LogP contribution in [0.5, 0.6) is 17.2 Å². The maximum atomic E-state index is 9.91. The molecule has 0 heterocycles. The van der Waals surface area contributed by atoms with E-state index in [0.717, 1.165) is 25.7 Å². The average Bonchev–Trinajstić information content (AvgIpc) is 2.90. The summed E-state index contributed by atoms with van der Waals surface area (Å²) in [6.07, 6.45) is 13.4. The Morgan fingerprint density at radius 3 is 1.58 bits per heavy atom. The van der Waals surface area contributed by atoms with Crippen molar-refractivity contribution < 1.29 is 15.3 Å². The SMILES string of the molecule is CCCCCCCCC(c1ccc(O)cc1)C1CCC(c2ccc(O)cc2)(c2ccc(O)cc2)CC1. The molecule has 0 aromatic heterocycles. The first-order chi connectivity index (χ1) is 17.5. The summed E-state index contributed by atoms with van der Waals surface area (Å²) >= 11 is 0. The van der Waals surface area contributed by atoms with Crippen LogP contribution >= 0.6 is 0 Å². The second-order valence-corrected chi connectivity index (χ2v) is 10.8. The van der Waals surface area contributed by atoms with E-state index in [2.05, 4.69) is 43.3 Å². The molecule has 0 saturated heterocycles. The van der Waals surface area contributed by atoms with Gasteiger partial charge in [0, 0.05) is 5.41 Å². The van der Waals surface area contributed by atoms with Crippen LogP contribution in [-0.4, -0.2) is 15.3 Å². The van der Waals surface area contributed by atoms with Crippen molar-refractivity contribution in [3.63, 3.8) is 0 Å². The number of hydrogen-bond donors (Lipinski definition) is 3. The first-order valence-corrected chi connectivity index (χ1v) is 13.9. The summed E-state index contributed by atoms with van der Waals surface area (Å²) in [6, 6.07) is 23.4. The van der Waals surface area contributed by atoms with Crippen LogP contribution in [0.15, 0.2) is 72.8 Å². The van der Waals surface area contributed by atoms with Crippen LogP contribution in [0.3, 0.4) is 0 Å². The van der Waals surface area contributed by atoms with E-state index >= 15 is 0 Å². The van der Waals surface area contributed by atoms with Gasteiger partial charge in [0.1, 0.15) is 17.2 Å². The van der Waals surface area contributed by atoms with E-state index in [4.69, 9.17) is 0 Å². The van der Waals surface area contributed by atoms with Gasteiger partial charge in [0.25, 0.3) is 0 Å². The molecule has 1 fully saturated rings. The second kappa shape index (κ2) is 12.3. The molecule has 36 heavy (non-hydrogen) atoms. The van der Waals surface area contributed by atoms with Crippen molar-refractivity contribution in [1.29, 1.82) is 0 Å². The summed E-state index contributed by atoms with van der Waals surface area (Å²) in [7, 11) is 0. The lowest BCUT2D eigenvalue weighted by Crippen LogP contribution is -2.34. The first kappa shape index (κ1) is 26.1. The molecule has 3 N–H and O–H groups in total. The van der Waals surface area contributed by atoms with E-state index in [9.17, 15) is 15.3 Å². The molecule has 4 rings (SSSR count). The Balaban J connectivity index is 1.54. The van der Waals surface area contributed by atoms with E-state index in [1.807, 2.05) is 12.1 Å². The van der Waals surface area contributed by atoms with Crippen LogP contribution in [0.25, 0.3) is 0 Å². The predicted octanol–water partition coefficient (Wildman–Crippen LogP) is 8.81. The zero-order chi connectivity index (χ0) is 25.4. The second-order valence-electron chi connectivity index (χ2n) is 10.8. The van der Waals surface area contributed by atoms with Crippen molar-refractivity contribution in [3.8, 4) is 17.2 Å². The maximum absolute atomic E-state index is 9.91.